The molecule has 3 aliphatic rings. The molecule has 1 amide bonds. The molecule has 1 saturated carbocycles. The van der Waals surface area contributed by atoms with Gasteiger partial charge in [0.05, 0.1) is 17.7 Å². The fourth-order valence-corrected chi connectivity index (χ4v) is 4.08. The molecular weight excluding hydrogens is 242 g/mol. The summed E-state index contributed by atoms with van der Waals surface area (Å²) in [4.78, 5) is 14.3. The molecule has 2 aliphatic heterocycles. The van der Waals surface area contributed by atoms with Crippen molar-refractivity contribution in [2.45, 2.75) is 62.3 Å². The third-order valence-corrected chi connectivity index (χ3v) is 5.26. The average Bonchev–Trinajstić information content (AvgIpc) is 2.77. The van der Waals surface area contributed by atoms with Gasteiger partial charge < -0.3 is 15.8 Å². The lowest BCUT2D eigenvalue weighted by molar-refractivity contribution is -0.127. The number of fused-ring (bicyclic) bond motifs is 2. The maximum Gasteiger partial charge on any atom is 0.237 e. The monoisotopic (exact) mass is 267 g/mol. The molecule has 3 rings (SSSR count). The molecule has 0 spiro atoms. The molecule has 0 aromatic rings. The highest BCUT2D eigenvalue weighted by Gasteiger charge is 2.44. The molecule has 5 nitrogen and oxygen atoms in total. The SMILES string of the molecule is CNC1(C(N)=O)CCCC(N2CC3CCC(C2)O3)C1. The fraction of sp³-hybridized carbons (Fsp3) is 0.929. The van der Waals surface area contributed by atoms with E-state index in [0.29, 0.717) is 18.2 Å². The van der Waals surface area contributed by atoms with Crippen LogP contribution < -0.4 is 11.1 Å². The zero-order chi connectivity index (χ0) is 13.5. The summed E-state index contributed by atoms with van der Waals surface area (Å²) < 4.78 is 5.90. The first-order valence-corrected chi connectivity index (χ1v) is 7.51. The summed E-state index contributed by atoms with van der Waals surface area (Å²) in [6.45, 7) is 2.06. The van der Waals surface area contributed by atoms with Crippen LogP contribution in [0.25, 0.3) is 0 Å². The van der Waals surface area contributed by atoms with Crippen LogP contribution in [0.5, 0.6) is 0 Å². The number of rotatable bonds is 3. The van der Waals surface area contributed by atoms with Gasteiger partial charge in [-0.3, -0.25) is 9.69 Å². The Morgan fingerprint density at radius 1 is 1.32 bits per heavy atom. The number of hydrogen-bond acceptors (Lipinski definition) is 4. The van der Waals surface area contributed by atoms with Crippen molar-refractivity contribution < 1.29 is 9.53 Å². The van der Waals surface area contributed by atoms with Crippen molar-refractivity contribution in [3.05, 3.63) is 0 Å². The number of nitrogens with zero attached hydrogens (tertiary/aromatic N) is 1. The van der Waals surface area contributed by atoms with Gasteiger partial charge in [-0.15, -0.1) is 0 Å². The minimum absolute atomic E-state index is 0.198. The zero-order valence-electron chi connectivity index (χ0n) is 11.7. The number of ether oxygens (including phenoxy) is 1. The Kier molecular flexibility index (Phi) is 3.53. The van der Waals surface area contributed by atoms with Crippen molar-refractivity contribution in [2.24, 2.45) is 5.73 Å². The van der Waals surface area contributed by atoms with Gasteiger partial charge in [0, 0.05) is 19.1 Å². The highest BCUT2D eigenvalue weighted by Crippen LogP contribution is 2.35. The number of morpholine rings is 1. The predicted molar refractivity (Wildman–Crippen MR) is 72.7 cm³/mol. The topological polar surface area (TPSA) is 67.6 Å². The lowest BCUT2D eigenvalue weighted by Gasteiger charge is -2.45. The molecule has 5 heteroatoms. The Balaban J connectivity index is 1.69. The van der Waals surface area contributed by atoms with Crippen LogP contribution in [-0.2, 0) is 9.53 Å². The van der Waals surface area contributed by atoms with Crippen molar-refractivity contribution in [3.63, 3.8) is 0 Å². The molecule has 108 valence electrons. The summed E-state index contributed by atoms with van der Waals surface area (Å²) in [6, 6.07) is 0.473. The molecular formula is C14H25N3O2. The van der Waals surface area contributed by atoms with E-state index in [1.54, 1.807) is 0 Å². The minimum Gasteiger partial charge on any atom is -0.372 e. The van der Waals surface area contributed by atoms with Crippen molar-refractivity contribution in [3.8, 4) is 0 Å². The van der Waals surface area contributed by atoms with Crippen LogP contribution in [0.15, 0.2) is 0 Å². The largest absolute Gasteiger partial charge is 0.372 e. The molecule has 1 aliphatic carbocycles. The molecule has 4 unspecified atom stereocenters. The Hall–Kier alpha value is -0.650. The van der Waals surface area contributed by atoms with Gasteiger partial charge in [0.2, 0.25) is 5.91 Å². The molecule has 2 heterocycles. The Morgan fingerprint density at radius 2 is 2.00 bits per heavy atom. The van der Waals surface area contributed by atoms with E-state index in [1.165, 1.54) is 19.3 Å². The Labute approximate surface area is 114 Å². The highest BCUT2D eigenvalue weighted by molar-refractivity contribution is 5.84. The number of likely N-dealkylation sites (tertiary alicyclic amines) is 1. The lowest BCUT2D eigenvalue weighted by Crippen LogP contribution is -2.61. The molecule has 2 saturated heterocycles. The quantitative estimate of drug-likeness (QED) is 0.768. The van der Waals surface area contributed by atoms with Crippen LogP contribution in [0.4, 0.5) is 0 Å². The molecule has 19 heavy (non-hydrogen) atoms. The summed E-state index contributed by atoms with van der Waals surface area (Å²) >= 11 is 0. The summed E-state index contributed by atoms with van der Waals surface area (Å²) in [5.74, 6) is -0.198. The molecule has 0 aromatic carbocycles. The van der Waals surface area contributed by atoms with Crippen molar-refractivity contribution in [1.82, 2.24) is 10.2 Å². The van der Waals surface area contributed by atoms with Gasteiger partial charge in [0.1, 0.15) is 0 Å². The number of hydrogen-bond donors (Lipinski definition) is 2. The maximum atomic E-state index is 11.8. The van der Waals surface area contributed by atoms with Gasteiger partial charge in [-0.05, 0) is 45.6 Å². The number of nitrogens with one attached hydrogen (secondary N) is 1. The number of nitrogens with two attached hydrogens (primary N) is 1. The van der Waals surface area contributed by atoms with E-state index in [-0.39, 0.29) is 5.91 Å². The van der Waals surface area contributed by atoms with Crippen molar-refractivity contribution in [2.75, 3.05) is 20.1 Å². The molecule has 3 N–H and O–H groups in total. The molecule has 2 bridgehead atoms. The lowest BCUT2D eigenvalue weighted by atomic mass is 9.77. The number of amides is 1. The van der Waals surface area contributed by atoms with E-state index in [4.69, 9.17) is 10.5 Å². The third-order valence-electron chi connectivity index (χ3n) is 5.26. The first-order chi connectivity index (χ1) is 9.13. The minimum atomic E-state index is -0.500. The second-order valence-corrected chi connectivity index (χ2v) is 6.36. The van der Waals surface area contributed by atoms with E-state index in [0.717, 1.165) is 32.4 Å². The van der Waals surface area contributed by atoms with Crippen LogP contribution in [0.3, 0.4) is 0 Å². The summed E-state index contributed by atoms with van der Waals surface area (Å²) in [5.41, 5.74) is 5.13. The summed E-state index contributed by atoms with van der Waals surface area (Å²) in [5, 5.41) is 3.19. The Morgan fingerprint density at radius 3 is 2.58 bits per heavy atom. The van der Waals surface area contributed by atoms with Crippen molar-refractivity contribution >= 4 is 5.91 Å². The second kappa shape index (κ2) is 5.04. The highest BCUT2D eigenvalue weighted by atomic mass is 16.5. The van der Waals surface area contributed by atoms with E-state index in [9.17, 15) is 4.79 Å². The number of primary amides is 1. The van der Waals surface area contributed by atoms with Crippen LogP contribution in [0.2, 0.25) is 0 Å². The standard InChI is InChI=1S/C14H25N3O2/c1-16-14(13(15)18)6-2-3-10(7-14)17-8-11-4-5-12(9-17)19-11/h10-12,16H,2-9H2,1H3,(H2,15,18). The van der Waals surface area contributed by atoms with E-state index in [2.05, 4.69) is 10.2 Å². The van der Waals surface area contributed by atoms with Gasteiger partial charge in [0.15, 0.2) is 0 Å². The normalized spacial score (nSPS) is 43.3. The second-order valence-electron chi connectivity index (χ2n) is 6.36. The van der Waals surface area contributed by atoms with Gasteiger partial charge in [-0.2, -0.15) is 0 Å². The number of carbonyl (C=O) groups is 1. The molecule has 3 fully saturated rings. The smallest absolute Gasteiger partial charge is 0.237 e. The van der Waals surface area contributed by atoms with E-state index < -0.39 is 5.54 Å². The van der Waals surface area contributed by atoms with Crippen LogP contribution in [-0.4, -0.2) is 54.7 Å². The maximum absolute atomic E-state index is 11.8. The van der Waals surface area contributed by atoms with Crippen LogP contribution >= 0.6 is 0 Å². The van der Waals surface area contributed by atoms with E-state index >= 15 is 0 Å². The predicted octanol–water partition coefficient (Wildman–Crippen LogP) is 0.236. The van der Waals surface area contributed by atoms with Crippen molar-refractivity contribution in [1.29, 1.82) is 0 Å². The number of likely N-dealkylation sites (N-methyl/N-ethyl adjacent to an activating group) is 1. The summed E-state index contributed by atoms with van der Waals surface area (Å²) in [6.07, 6.45) is 7.18. The fourth-order valence-electron chi connectivity index (χ4n) is 4.08. The van der Waals surface area contributed by atoms with Gasteiger partial charge in [0.25, 0.3) is 0 Å². The zero-order valence-corrected chi connectivity index (χ0v) is 11.7. The van der Waals surface area contributed by atoms with E-state index in [1.807, 2.05) is 7.05 Å². The average molecular weight is 267 g/mol. The first kappa shape index (κ1) is 13.3. The van der Waals surface area contributed by atoms with Gasteiger partial charge >= 0.3 is 0 Å². The molecule has 0 radical (unpaired) electrons. The first-order valence-electron chi connectivity index (χ1n) is 7.51. The van der Waals surface area contributed by atoms with Gasteiger partial charge in [-0.25, -0.2) is 0 Å². The number of carbonyl (C=O) groups excluding carboxylic acids is 1. The third kappa shape index (κ3) is 2.39. The summed E-state index contributed by atoms with van der Waals surface area (Å²) in [7, 11) is 1.86. The molecule has 4 atom stereocenters. The molecule has 0 aromatic heterocycles. The Bertz CT molecular complexity index is 351. The van der Waals surface area contributed by atoms with Crippen LogP contribution in [0, 0.1) is 0 Å². The van der Waals surface area contributed by atoms with Crippen LogP contribution in [0.1, 0.15) is 38.5 Å². The van der Waals surface area contributed by atoms with Gasteiger partial charge in [-0.1, -0.05) is 0 Å².